The van der Waals surface area contributed by atoms with Gasteiger partial charge in [0.1, 0.15) is 0 Å². The van der Waals surface area contributed by atoms with Gasteiger partial charge in [-0.15, -0.1) is 0 Å². The van der Waals surface area contributed by atoms with Gasteiger partial charge in [-0.25, -0.2) is 0 Å². The first kappa shape index (κ1) is 11.7. The maximum atomic E-state index is 12.7. The molecule has 0 aromatic heterocycles. The normalized spacial score (nSPS) is 40.1. The molecule has 16 heavy (non-hydrogen) atoms. The molecule has 0 bridgehead atoms. The Morgan fingerprint density at radius 3 is 2.69 bits per heavy atom. The topological polar surface area (TPSA) is 52.6 Å². The van der Waals surface area contributed by atoms with Gasteiger partial charge >= 0.3 is 6.18 Å². The second-order valence-electron chi connectivity index (χ2n) is 4.63. The largest absolute Gasteiger partial charge is 0.417 e. The van der Waals surface area contributed by atoms with E-state index in [4.69, 9.17) is 0 Å². The molecular weight excluding hydrogens is 225 g/mol. The Morgan fingerprint density at radius 2 is 2.12 bits per heavy atom. The van der Waals surface area contributed by atoms with E-state index in [2.05, 4.69) is 5.32 Å². The highest BCUT2D eigenvalue weighted by Gasteiger charge is 2.63. The number of carbonyl (C=O) groups is 1. The predicted molar refractivity (Wildman–Crippen MR) is 48.4 cm³/mol. The zero-order chi connectivity index (χ0) is 12.2. The Hall–Kier alpha value is -0.820. The second-order valence-corrected chi connectivity index (χ2v) is 4.63. The summed E-state index contributed by atoms with van der Waals surface area (Å²) in [4.78, 5) is 12.9. The molecule has 0 saturated carbocycles. The highest BCUT2D eigenvalue weighted by atomic mass is 19.4. The van der Waals surface area contributed by atoms with Gasteiger partial charge < -0.3 is 10.0 Å². The van der Waals surface area contributed by atoms with E-state index in [0.717, 1.165) is 0 Å². The van der Waals surface area contributed by atoms with Crippen molar-refractivity contribution in [2.75, 3.05) is 13.1 Å². The summed E-state index contributed by atoms with van der Waals surface area (Å²) in [6.45, 7) is 2.35. The molecule has 2 aliphatic rings. The lowest BCUT2D eigenvalue weighted by molar-refractivity contribution is -0.279. The molecule has 0 aliphatic carbocycles. The van der Waals surface area contributed by atoms with Gasteiger partial charge in [0.05, 0.1) is 12.1 Å². The van der Waals surface area contributed by atoms with E-state index < -0.39 is 36.2 Å². The van der Waals surface area contributed by atoms with Crippen LogP contribution in [-0.2, 0) is 4.79 Å². The molecule has 0 radical (unpaired) electrons. The quantitative estimate of drug-likeness (QED) is 0.635. The van der Waals surface area contributed by atoms with Crippen LogP contribution in [0.5, 0.6) is 0 Å². The fourth-order valence-corrected chi connectivity index (χ4v) is 2.52. The molecule has 2 aliphatic heterocycles. The molecule has 4 nitrogen and oxygen atoms in total. The lowest BCUT2D eigenvalue weighted by atomic mass is 9.83. The summed E-state index contributed by atoms with van der Waals surface area (Å²) < 4.78 is 38.0. The molecule has 2 atom stereocenters. The lowest BCUT2D eigenvalue weighted by Gasteiger charge is -2.46. The summed E-state index contributed by atoms with van der Waals surface area (Å²) in [7, 11) is 0. The molecule has 0 spiro atoms. The van der Waals surface area contributed by atoms with E-state index in [1.54, 1.807) is 0 Å². The monoisotopic (exact) mass is 238 g/mol. The van der Waals surface area contributed by atoms with Crippen LogP contribution in [0.3, 0.4) is 0 Å². The Labute approximate surface area is 90.4 Å². The van der Waals surface area contributed by atoms with Crippen LogP contribution in [0.2, 0.25) is 0 Å². The highest BCUT2D eigenvalue weighted by molar-refractivity contribution is 5.79. The van der Waals surface area contributed by atoms with Crippen LogP contribution < -0.4 is 5.32 Å². The average molecular weight is 238 g/mol. The number of piperidine rings is 1. The van der Waals surface area contributed by atoms with Gasteiger partial charge in [0.15, 0.2) is 5.60 Å². The van der Waals surface area contributed by atoms with E-state index in [9.17, 15) is 23.1 Å². The Morgan fingerprint density at radius 1 is 1.50 bits per heavy atom. The summed E-state index contributed by atoms with van der Waals surface area (Å²) in [6.07, 6.45) is -6.18. The summed E-state index contributed by atoms with van der Waals surface area (Å²) in [5.74, 6) is -0.654. The van der Waals surface area contributed by atoms with Crippen molar-refractivity contribution in [2.24, 2.45) is 0 Å². The van der Waals surface area contributed by atoms with Crippen LogP contribution in [0, 0.1) is 0 Å². The van der Waals surface area contributed by atoms with E-state index in [1.165, 1.54) is 11.8 Å². The molecule has 1 unspecified atom stereocenters. The number of nitrogens with one attached hydrogen (secondary N) is 1. The minimum atomic E-state index is -4.78. The number of carbonyl (C=O) groups excluding carboxylic acids is 1. The molecule has 7 heteroatoms. The van der Waals surface area contributed by atoms with Crippen LogP contribution in [-0.4, -0.2) is 46.4 Å². The summed E-state index contributed by atoms with van der Waals surface area (Å²) in [5, 5.41) is 12.4. The van der Waals surface area contributed by atoms with Gasteiger partial charge in [0, 0.05) is 19.5 Å². The van der Waals surface area contributed by atoms with Gasteiger partial charge in [-0.05, 0) is 6.92 Å². The molecule has 92 valence electrons. The fourth-order valence-electron chi connectivity index (χ4n) is 2.52. The average Bonchev–Trinajstić information content (AvgIpc) is 2.43. The van der Waals surface area contributed by atoms with Crippen molar-refractivity contribution >= 4 is 5.91 Å². The first-order valence-corrected chi connectivity index (χ1v) is 5.03. The summed E-state index contributed by atoms with van der Waals surface area (Å²) >= 11 is 0. The third-order valence-electron chi connectivity index (χ3n) is 3.35. The van der Waals surface area contributed by atoms with Gasteiger partial charge in [-0.2, -0.15) is 13.2 Å². The van der Waals surface area contributed by atoms with E-state index in [0.29, 0.717) is 13.1 Å². The number of amides is 1. The number of hydrogen-bond donors (Lipinski definition) is 2. The smallest absolute Gasteiger partial charge is 0.380 e. The van der Waals surface area contributed by atoms with E-state index in [1.807, 2.05) is 0 Å². The van der Waals surface area contributed by atoms with Crippen LogP contribution in [0.1, 0.15) is 19.8 Å². The van der Waals surface area contributed by atoms with Gasteiger partial charge in [0.2, 0.25) is 5.91 Å². The fraction of sp³-hybridized carbons (Fsp3) is 0.889. The molecule has 0 aromatic rings. The molecule has 2 N–H and O–H groups in total. The van der Waals surface area contributed by atoms with E-state index >= 15 is 0 Å². The van der Waals surface area contributed by atoms with E-state index in [-0.39, 0.29) is 0 Å². The Kier molecular flexibility index (Phi) is 2.26. The first-order valence-electron chi connectivity index (χ1n) is 5.03. The predicted octanol–water partition coefficient (Wildman–Crippen LogP) is 0.222. The highest BCUT2D eigenvalue weighted by Crippen LogP contribution is 2.44. The number of halogens is 3. The molecule has 2 heterocycles. The summed E-state index contributed by atoms with van der Waals surface area (Å²) in [5.41, 5.74) is -3.99. The van der Waals surface area contributed by atoms with Gasteiger partial charge in [0.25, 0.3) is 0 Å². The van der Waals surface area contributed by atoms with Crippen molar-refractivity contribution in [2.45, 2.75) is 37.2 Å². The van der Waals surface area contributed by atoms with Crippen molar-refractivity contribution in [3.8, 4) is 0 Å². The van der Waals surface area contributed by atoms with Crippen LogP contribution in [0.25, 0.3) is 0 Å². The van der Waals surface area contributed by atoms with Gasteiger partial charge in [-0.1, -0.05) is 0 Å². The maximum Gasteiger partial charge on any atom is 0.417 e. The number of alkyl halides is 3. The third kappa shape index (κ3) is 1.49. The van der Waals surface area contributed by atoms with Crippen LogP contribution >= 0.6 is 0 Å². The number of aliphatic hydroxyl groups is 1. The van der Waals surface area contributed by atoms with Crippen molar-refractivity contribution in [1.82, 2.24) is 10.2 Å². The Balaban J connectivity index is 2.32. The SMILES string of the molecule is CC12C[C@](O)(C(F)(F)F)CC(=O)N1CCN2. The minimum Gasteiger partial charge on any atom is -0.380 e. The molecule has 2 fully saturated rings. The van der Waals surface area contributed by atoms with Crippen molar-refractivity contribution in [3.63, 3.8) is 0 Å². The molecule has 2 rings (SSSR count). The van der Waals surface area contributed by atoms with Gasteiger partial charge in [-0.3, -0.25) is 10.1 Å². The number of hydrogen-bond acceptors (Lipinski definition) is 3. The lowest BCUT2D eigenvalue weighted by Crippen LogP contribution is -2.65. The van der Waals surface area contributed by atoms with Crippen molar-refractivity contribution in [3.05, 3.63) is 0 Å². The summed E-state index contributed by atoms with van der Waals surface area (Å²) in [6, 6.07) is 0. The first-order chi connectivity index (χ1) is 7.18. The number of fused-ring (bicyclic) bond motifs is 1. The number of rotatable bonds is 0. The van der Waals surface area contributed by atoms with Crippen LogP contribution in [0.4, 0.5) is 13.2 Å². The third-order valence-corrected chi connectivity index (χ3v) is 3.35. The molecule has 2 saturated heterocycles. The Bertz CT molecular complexity index is 333. The zero-order valence-electron chi connectivity index (χ0n) is 8.76. The molecule has 0 aromatic carbocycles. The molecule has 1 amide bonds. The van der Waals surface area contributed by atoms with Crippen LogP contribution in [0.15, 0.2) is 0 Å². The second kappa shape index (κ2) is 3.10. The zero-order valence-corrected chi connectivity index (χ0v) is 8.76. The number of nitrogens with zero attached hydrogens (tertiary/aromatic N) is 1. The van der Waals surface area contributed by atoms with Crippen molar-refractivity contribution in [1.29, 1.82) is 0 Å². The minimum absolute atomic E-state index is 0.392. The van der Waals surface area contributed by atoms with Crippen molar-refractivity contribution < 1.29 is 23.1 Å². The molecular formula is C9H13F3N2O2. The maximum absolute atomic E-state index is 12.7. The standard InChI is InChI=1S/C9H13F3N2O2/c1-7-5-8(16,9(10,11)12)4-6(15)14(7)3-2-13-7/h13,16H,2-5H2,1H3/t7?,8-/m0/s1.